The lowest BCUT2D eigenvalue weighted by Crippen LogP contribution is -2.14. The lowest BCUT2D eigenvalue weighted by atomic mass is 10.0. The number of aromatic nitrogens is 1. The van der Waals surface area contributed by atoms with Gasteiger partial charge in [0, 0.05) is 18.8 Å². The van der Waals surface area contributed by atoms with Crippen LogP contribution >= 0.6 is 0 Å². The zero-order chi connectivity index (χ0) is 14.5. The van der Waals surface area contributed by atoms with Crippen LogP contribution in [0.1, 0.15) is 42.3 Å². The number of pyridine rings is 1. The molecule has 0 bridgehead atoms. The largest absolute Gasteiger partial charge is 0.506 e. The first-order valence-electron chi connectivity index (χ1n) is 7.01. The Morgan fingerprint density at radius 3 is 2.40 bits per heavy atom. The van der Waals surface area contributed by atoms with Crippen LogP contribution in [0.25, 0.3) is 0 Å². The van der Waals surface area contributed by atoms with Crippen LogP contribution < -0.4 is 5.32 Å². The molecule has 1 aromatic heterocycles. The number of rotatable bonds is 5. The summed E-state index contributed by atoms with van der Waals surface area (Å²) >= 11 is 0. The van der Waals surface area contributed by atoms with E-state index in [1.54, 1.807) is 6.07 Å². The fourth-order valence-corrected chi connectivity index (χ4v) is 2.08. The highest BCUT2D eigenvalue weighted by Gasteiger charge is 2.03. The molecule has 0 radical (unpaired) electrons. The average Bonchev–Trinajstić information content (AvgIpc) is 2.43. The van der Waals surface area contributed by atoms with Crippen molar-refractivity contribution in [2.75, 3.05) is 0 Å². The summed E-state index contributed by atoms with van der Waals surface area (Å²) in [6.45, 7) is 7.65. The van der Waals surface area contributed by atoms with Gasteiger partial charge in [-0.3, -0.25) is 4.98 Å². The lowest BCUT2D eigenvalue weighted by molar-refractivity contribution is 0.459. The Bertz CT molecular complexity index is 562. The molecule has 3 nitrogen and oxygen atoms in total. The maximum Gasteiger partial charge on any atom is 0.138 e. The van der Waals surface area contributed by atoms with Crippen LogP contribution in [0.15, 0.2) is 36.4 Å². The molecule has 1 aromatic carbocycles. The molecule has 2 rings (SSSR count). The van der Waals surface area contributed by atoms with Crippen molar-refractivity contribution in [1.82, 2.24) is 10.3 Å². The molecule has 20 heavy (non-hydrogen) atoms. The number of benzene rings is 1. The lowest BCUT2D eigenvalue weighted by Gasteiger charge is -2.09. The van der Waals surface area contributed by atoms with E-state index in [4.69, 9.17) is 0 Å². The van der Waals surface area contributed by atoms with Gasteiger partial charge in [0.1, 0.15) is 5.75 Å². The van der Waals surface area contributed by atoms with Crippen molar-refractivity contribution < 1.29 is 5.11 Å². The predicted octanol–water partition coefficient (Wildman–Crippen LogP) is 3.51. The van der Waals surface area contributed by atoms with Gasteiger partial charge in [0.2, 0.25) is 0 Å². The molecule has 0 aliphatic heterocycles. The third-order valence-corrected chi connectivity index (χ3v) is 3.36. The highest BCUT2D eigenvalue weighted by molar-refractivity contribution is 5.28. The SMILES string of the molecule is Cc1ccc(O)c(CNCc2ccc(C(C)C)cc2)n1. The van der Waals surface area contributed by atoms with Crippen LogP contribution in [0.5, 0.6) is 5.75 Å². The summed E-state index contributed by atoms with van der Waals surface area (Å²) in [5.41, 5.74) is 4.21. The second-order valence-corrected chi connectivity index (χ2v) is 5.42. The van der Waals surface area contributed by atoms with Gasteiger partial charge in [-0.15, -0.1) is 0 Å². The Kier molecular flexibility index (Phi) is 4.74. The molecule has 3 heteroatoms. The first kappa shape index (κ1) is 14.5. The number of hydrogen-bond acceptors (Lipinski definition) is 3. The second-order valence-electron chi connectivity index (χ2n) is 5.42. The Labute approximate surface area is 120 Å². The number of nitrogens with zero attached hydrogens (tertiary/aromatic N) is 1. The monoisotopic (exact) mass is 270 g/mol. The van der Waals surface area contributed by atoms with E-state index in [1.165, 1.54) is 11.1 Å². The van der Waals surface area contributed by atoms with Crippen LogP contribution in [-0.4, -0.2) is 10.1 Å². The van der Waals surface area contributed by atoms with E-state index in [1.807, 2.05) is 13.0 Å². The molecule has 0 saturated heterocycles. The smallest absolute Gasteiger partial charge is 0.138 e. The highest BCUT2D eigenvalue weighted by atomic mass is 16.3. The molecule has 106 valence electrons. The van der Waals surface area contributed by atoms with Crippen LogP contribution in [-0.2, 0) is 13.1 Å². The van der Waals surface area contributed by atoms with Gasteiger partial charge in [-0.2, -0.15) is 0 Å². The average molecular weight is 270 g/mol. The molecule has 2 N–H and O–H groups in total. The Morgan fingerprint density at radius 1 is 1.05 bits per heavy atom. The summed E-state index contributed by atoms with van der Waals surface area (Å²) in [4.78, 5) is 4.33. The zero-order valence-electron chi connectivity index (χ0n) is 12.4. The molecule has 0 atom stereocenters. The third-order valence-electron chi connectivity index (χ3n) is 3.36. The topological polar surface area (TPSA) is 45.1 Å². The van der Waals surface area contributed by atoms with E-state index >= 15 is 0 Å². The van der Waals surface area contributed by atoms with Gasteiger partial charge >= 0.3 is 0 Å². The van der Waals surface area contributed by atoms with E-state index in [0.29, 0.717) is 18.2 Å². The van der Waals surface area contributed by atoms with Gasteiger partial charge in [-0.05, 0) is 36.1 Å². The van der Waals surface area contributed by atoms with Crippen molar-refractivity contribution in [2.24, 2.45) is 0 Å². The molecule has 0 aliphatic carbocycles. The quantitative estimate of drug-likeness (QED) is 0.874. The standard InChI is InChI=1S/C17H22N2O/c1-12(2)15-7-5-14(6-8-15)10-18-11-16-17(20)9-4-13(3)19-16/h4-9,12,18,20H,10-11H2,1-3H3. The summed E-state index contributed by atoms with van der Waals surface area (Å²) in [6, 6.07) is 12.1. The summed E-state index contributed by atoms with van der Waals surface area (Å²) < 4.78 is 0. The van der Waals surface area contributed by atoms with Crippen molar-refractivity contribution in [3.8, 4) is 5.75 Å². The Balaban J connectivity index is 1.91. The van der Waals surface area contributed by atoms with Gasteiger partial charge < -0.3 is 10.4 Å². The van der Waals surface area contributed by atoms with Crippen molar-refractivity contribution >= 4 is 0 Å². The van der Waals surface area contributed by atoms with Crippen molar-refractivity contribution in [3.05, 3.63) is 58.9 Å². The van der Waals surface area contributed by atoms with Crippen LogP contribution in [0, 0.1) is 6.92 Å². The second kappa shape index (κ2) is 6.53. The van der Waals surface area contributed by atoms with E-state index in [2.05, 4.69) is 48.4 Å². The van der Waals surface area contributed by atoms with Gasteiger partial charge in [0.25, 0.3) is 0 Å². The number of hydrogen-bond donors (Lipinski definition) is 2. The summed E-state index contributed by atoms with van der Waals surface area (Å²) in [7, 11) is 0. The van der Waals surface area contributed by atoms with E-state index in [9.17, 15) is 5.11 Å². The van der Waals surface area contributed by atoms with Crippen molar-refractivity contribution in [2.45, 2.75) is 39.8 Å². The summed E-state index contributed by atoms with van der Waals surface area (Å²) in [5.74, 6) is 0.809. The fourth-order valence-electron chi connectivity index (χ4n) is 2.08. The Hall–Kier alpha value is -1.87. The molecular weight excluding hydrogens is 248 g/mol. The van der Waals surface area contributed by atoms with Crippen molar-refractivity contribution in [3.63, 3.8) is 0 Å². The molecule has 0 fully saturated rings. The van der Waals surface area contributed by atoms with Crippen LogP contribution in [0.3, 0.4) is 0 Å². The first-order valence-corrected chi connectivity index (χ1v) is 7.01. The molecule has 0 amide bonds. The fraction of sp³-hybridized carbons (Fsp3) is 0.353. The summed E-state index contributed by atoms with van der Waals surface area (Å²) in [6.07, 6.45) is 0. The molecule has 0 saturated carbocycles. The summed E-state index contributed by atoms with van der Waals surface area (Å²) in [5, 5.41) is 13.0. The molecule has 0 aliphatic rings. The minimum absolute atomic E-state index is 0.248. The van der Waals surface area contributed by atoms with E-state index in [-0.39, 0.29) is 5.75 Å². The highest BCUT2D eigenvalue weighted by Crippen LogP contribution is 2.16. The maximum atomic E-state index is 9.73. The van der Waals surface area contributed by atoms with Crippen molar-refractivity contribution in [1.29, 1.82) is 0 Å². The van der Waals surface area contributed by atoms with Crippen LogP contribution in [0.4, 0.5) is 0 Å². The predicted molar refractivity (Wildman–Crippen MR) is 81.7 cm³/mol. The molecule has 0 unspecified atom stereocenters. The minimum Gasteiger partial charge on any atom is -0.506 e. The molecule has 0 spiro atoms. The van der Waals surface area contributed by atoms with E-state index < -0.39 is 0 Å². The molecular formula is C17H22N2O. The molecule has 2 aromatic rings. The number of aromatic hydroxyl groups is 1. The maximum absolute atomic E-state index is 9.73. The first-order chi connectivity index (χ1) is 9.56. The number of nitrogens with one attached hydrogen (secondary N) is 1. The molecule has 1 heterocycles. The van der Waals surface area contributed by atoms with Gasteiger partial charge in [-0.25, -0.2) is 0 Å². The number of aryl methyl sites for hydroxylation is 1. The Morgan fingerprint density at radius 2 is 1.75 bits per heavy atom. The van der Waals surface area contributed by atoms with Gasteiger partial charge in [0.05, 0.1) is 5.69 Å². The third kappa shape index (κ3) is 3.81. The van der Waals surface area contributed by atoms with Gasteiger partial charge in [-0.1, -0.05) is 38.1 Å². The minimum atomic E-state index is 0.248. The van der Waals surface area contributed by atoms with Crippen LogP contribution in [0.2, 0.25) is 0 Å². The van der Waals surface area contributed by atoms with E-state index in [0.717, 1.165) is 12.2 Å². The normalized spacial score (nSPS) is 11.0. The van der Waals surface area contributed by atoms with Gasteiger partial charge in [0.15, 0.2) is 0 Å². The zero-order valence-corrected chi connectivity index (χ0v) is 12.4.